The Kier molecular flexibility index (Phi) is 7.54. The SMILES string of the molecule is C[C@H](OC(=O)CCNS(=O)(=O)c1ccc2c(c1)OCCO2)C(=O)NC1CCCCC1. The van der Waals surface area contributed by atoms with Crippen molar-refractivity contribution in [2.24, 2.45) is 0 Å². The van der Waals surface area contributed by atoms with Gasteiger partial charge in [0.05, 0.1) is 11.3 Å². The zero-order chi connectivity index (χ0) is 21.6. The Hall–Kier alpha value is -2.33. The monoisotopic (exact) mass is 440 g/mol. The number of nitrogens with one attached hydrogen (secondary N) is 2. The normalized spacial score (nSPS) is 17.8. The van der Waals surface area contributed by atoms with Gasteiger partial charge in [0.2, 0.25) is 10.0 Å². The number of hydrogen-bond acceptors (Lipinski definition) is 7. The van der Waals surface area contributed by atoms with Gasteiger partial charge in [0.15, 0.2) is 17.6 Å². The first kappa shape index (κ1) is 22.4. The summed E-state index contributed by atoms with van der Waals surface area (Å²) in [5.41, 5.74) is 0. The van der Waals surface area contributed by atoms with E-state index in [4.69, 9.17) is 14.2 Å². The van der Waals surface area contributed by atoms with E-state index in [9.17, 15) is 18.0 Å². The first-order valence-electron chi connectivity index (χ1n) is 10.2. The molecule has 0 unspecified atom stereocenters. The highest BCUT2D eigenvalue weighted by Gasteiger charge is 2.23. The average Bonchev–Trinajstić information content (AvgIpc) is 2.74. The third-order valence-corrected chi connectivity index (χ3v) is 6.53. The number of carbonyl (C=O) groups is 2. The van der Waals surface area contributed by atoms with Gasteiger partial charge in [0.1, 0.15) is 13.2 Å². The second-order valence-electron chi connectivity index (χ2n) is 7.43. The number of amides is 1. The van der Waals surface area contributed by atoms with Crippen LogP contribution in [-0.2, 0) is 24.3 Å². The molecule has 166 valence electrons. The van der Waals surface area contributed by atoms with Gasteiger partial charge in [-0.2, -0.15) is 0 Å². The van der Waals surface area contributed by atoms with Crippen LogP contribution < -0.4 is 19.5 Å². The summed E-state index contributed by atoms with van der Waals surface area (Å²) in [7, 11) is -3.83. The maximum Gasteiger partial charge on any atom is 0.307 e. The summed E-state index contributed by atoms with van der Waals surface area (Å²) in [6.45, 7) is 2.13. The minimum atomic E-state index is -3.83. The van der Waals surface area contributed by atoms with Crippen molar-refractivity contribution < 1.29 is 32.2 Å². The molecule has 1 amide bonds. The van der Waals surface area contributed by atoms with Gasteiger partial charge in [-0.15, -0.1) is 0 Å². The highest BCUT2D eigenvalue weighted by molar-refractivity contribution is 7.89. The molecule has 0 radical (unpaired) electrons. The van der Waals surface area contributed by atoms with E-state index in [2.05, 4.69) is 10.0 Å². The van der Waals surface area contributed by atoms with E-state index in [1.165, 1.54) is 31.5 Å². The predicted molar refractivity (Wildman–Crippen MR) is 108 cm³/mol. The Morgan fingerprint density at radius 1 is 1.13 bits per heavy atom. The Balaban J connectivity index is 1.43. The predicted octanol–water partition coefficient (Wildman–Crippen LogP) is 1.51. The van der Waals surface area contributed by atoms with E-state index in [1.807, 2.05) is 0 Å². The molecule has 2 aliphatic rings. The lowest BCUT2D eigenvalue weighted by Gasteiger charge is -2.24. The zero-order valence-corrected chi connectivity index (χ0v) is 17.8. The van der Waals surface area contributed by atoms with Crippen molar-refractivity contribution >= 4 is 21.9 Å². The van der Waals surface area contributed by atoms with Crippen LogP contribution in [0.4, 0.5) is 0 Å². The summed E-state index contributed by atoms with van der Waals surface area (Å²) in [4.78, 5) is 24.2. The first-order chi connectivity index (χ1) is 14.3. The lowest BCUT2D eigenvalue weighted by atomic mass is 9.95. The van der Waals surface area contributed by atoms with E-state index in [0.717, 1.165) is 25.7 Å². The van der Waals surface area contributed by atoms with Crippen LogP contribution in [0.3, 0.4) is 0 Å². The molecule has 1 aliphatic carbocycles. The standard InChI is InChI=1S/C20H28N2O7S/c1-14(20(24)22-15-5-3-2-4-6-15)29-19(23)9-10-21-30(25,26)16-7-8-17-18(13-16)28-12-11-27-17/h7-8,13-15,21H,2-6,9-12H2,1H3,(H,22,24)/t14-/m0/s1. The summed E-state index contributed by atoms with van der Waals surface area (Å²) in [6.07, 6.45) is 4.12. The first-order valence-corrected chi connectivity index (χ1v) is 11.7. The molecule has 30 heavy (non-hydrogen) atoms. The quantitative estimate of drug-likeness (QED) is 0.588. The van der Waals surface area contributed by atoms with Gasteiger partial charge >= 0.3 is 5.97 Å². The summed E-state index contributed by atoms with van der Waals surface area (Å²) in [5.74, 6) is -0.121. The van der Waals surface area contributed by atoms with Crippen LogP contribution in [0.2, 0.25) is 0 Å². The molecule has 9 nitrogen and oxygen atoms in total. The molecule has 10 heteroatoms. The number of ether oxygens (including phenoxy) is 3. The largest absolute Gasteiger partial charge is 0.486 e. The molecule has 1 fully saturated rings. The van der Waals surface area contributed by atoms with Crippen LogP contribution in [-0.4, -0.2) is 52.2 Å². The van der Waals surface area contributed by atoms with Crippen LogP contribution in [0, 0.1) is 0 Å². The van der Waals surface area contributed by atoms with E-state index in [0.29, 0.717) is 24.7 Å². The molecule has 1 aliphatic heterocycles. The van der Waals surface area contributed by atoms with Crippen molar-refractivity contribution in [3.63, 3.8) is 0 Å². The molecule has 1 aromatic carbocycles. The van der Waals surface area contributed by atoms with Crippen molar-refractivity contribution in [2.75, 3.05) is 19.8 Å². The molecule has 1 aromatic rings. The summed E-state index contributed by atoms with van der Waals surface area (Å²) in [6, 6.07) is 4.45. The fourth-order valence-electron chi connectivity index (χ4n) is 3.44. The van der Waals surface area contributed by atoms with Gasteiger partial charge in [0, 0.05) is 18.7 Å². The van der Waals surface area contributed by atoms with Crippen LogP contribution in [0.15, 0.2) is 23.1 Å². The maximum atomic E-state index is 12.4. The lowest BCUT2D eigenvalue weighted by Crippen LogP contribution is -2.43. The number of esters is 1. The van der Waals surface area contributed by atoms with Gasteiger partial charge in [0.25, 0.3) is 5.91 Å². The minimum absolute atomic E-state index is 0.0142. The highest BCUT2D eigenvalue weighted by atomic mass is 32.2. The zero-order valence-electron chi connectivity index (χ0n) is 17.0. The van der Waals surface area contributed by atoms with Crippen LogP contribution >= 0.6 is 0 Å². The maximum absolute atomic E-state index is 12.4. The Morgan fingerprint density at radius 2 is 1.83 bits per heavy atom. The molecular formula is C20H28N2O7S. The molecule has 3 rings (SSSR count). The number of hydrogen-bond donors (Lipinski definition) is 2. The fraction of sp³-hybridized carbons (Fsp3) is 0.600. The number of fused-ring (bicyclic) bond motifs is 1. The van der Waals surface area contributed by atoms with Crippen molar-refractivity contribution in [2.45, 2.75) is 62.5 Å². The fourth-order valence-corrected chi connectivity index (χ4v) is 4.48. The molecular weight excluding hydrogens is 412 g/mol. The third-order valence-electron chi connectivity index (χ3n) is 5.07. The summed E-state index contributed by atoms with van der Waals surface area (Å²) in [5, 5.41) is 2.90. The second kappa shape index (κ2) is 10.1. The summed E-state index contributed by atoms with van der Waals surface area (Å²) < 4.78 is 43.1. The van der Waals surface area contributed by atoms with Gasteiger partial charge in [-0.3, -0.25) is 9.59 Å². The van der Waals surface area contributed by atoms with Gasteiger partial charge < -0.3 is 19.5 Å². The Labute approximate surface area is 176 Å². The van der Waals surface area contributed by atoms with Gasteiger partial charge in [-0.05, 0) is 31.9 Å². The second-order valence-corrected chi connectivity index (χ2v) is 9.20. The molecule has 0 spiro atoms. The molecule has 0 saturated heterocycles. The smallest absolute Gasteiger partial charge is 0.307 e. The molecule has 0 bridgehead atoms. The van der Waals surface area contributed by atoms with Crippen LogP contribution in [0.1, 0.15) is 45.4 Å². The molecule has 1 saturated carbocycles. The number of rotatable bonds is 8. The van der Waals surface area contributed by atoms with E-state index in [1.54, 1.807) is 0 Å². The van der Waals surface area contributed by atoms with Crippen molar-refractivity contribution in [3.05, 3.63) is 18.2 Å². The van der Waals surface area contributed by atoms with Crippen molar-refractivity contribution in [1.29, 1.82) is 0 Å². The van der Waals surface area contributed by atoms with E-state index >= 15 is 0 Å². The number of benzene rings is 1. The topological polar surface area (TPSA) is 120 Å². The lowest BCUT2D eigenvalue weighted by molar-refractivity contribution is -0.155. The highest BCUT2D eigenvalue weighted by Crippen LogP contribution is 2.32. The Bertz CT molecular complexity index is 866. The van der Waals surface area contributed by atoms with Crippen molar-refractivity contribution in [3.8, 4) is 11.5 Å². The molecule has 1 atom stereocenters. The average molecular weight is 441 g/mol. The summed E-state index contributed by atoms with van der Waals surface area (Å²) >= 11 is 0. The van der Waals surface area contributed by atoms with Gasteiger partial charge in [-0.1, -0.05) is 19.3 Å². The van der Waals surface area contributed by atoms with Crippen LogP contribution in [0.25, 0.3) is 0 Å². The van der Waals surface area contributed by atoms with Gasteiger partial charge in [-0.25, -0.2) is 13.1 Å². The number of carbonyl (C=O) groups excluding carboxylic acids is 2. The Morgan fingerprint density at radius 3 is 2.57 bits per heavy atom. The number of sulfonamides is 1. The molecule has 1 heterocycles. The van der Waals surface area contributed by atoms with E-state index in [-0.39, 0.29) is 29.8 Å². The van der Waals surface area contributed by atoms with E-state index < -0.39 is 22.1 Å². The minimum Gasteiger partial charge on any atom is -0.486 e. The molecule has 2 N–H and O–H groups in total. The molecule has 0 aromatic heterocycles. The third kappa shape index (κ3) is 6.09. The van der Waals surface area contributed by atoms with Crippen molar-refractivity contribution in [1.82, 2.24) is 10.0 Å². The van der Waals surface area contributed by atoms with Crippen LogP contribution in [0.5, 0.6) is 11.5 Å².